The molecular formula is C13H16N2O4. The molecular weight excluding hydrogens is 248 g/mol. The first-order valence-electron chi connectivity index (χ1n) is 6.25. The number of benzene rings is 1. The summed E-state index contributed by atoms with van der Waals surface area (Å²) >= 11 is 0. The molecule has 0 spiro atoms. The number of hydrogen-bond acceptors (Lipinski definition) is 5. The fourth-order valence-corrected chi connectivity index (χ4v) is 2.30. The fraction of sp³-hybridized carbons (Fsp3) is 0.462. The first-order valence-corrected chi connectivity index (χ1v) is 6.25. The van der Waals surface area contributed by atoms with Crippen molar-refractivity contribution in [2.24, 2.45) is 0 Å². The Morgan fingerprint density at radius 2 is 2.00 bits per heavy atom. The van der Waals surface area contributed by atoms with E-state index in [1.807, 2.05) is 0 Å². The van der Waals surface area contributed by atoms with Crippen LogP contribution in [-0.4, -0.2) is 31.1 Å². The van der Waals surface area contributed by atoms with Crippen molar-refractivity contribution in [3.63, 3.8) is 0 Å². The van der Waals surface area contributed by atoms with Crippen LogP contribution < -0.4 is 4.90 Å². The van der Waals surface area contributed by atoms with Crippen molar-refractivity contribution in [1.82, 2.24) is 0 Å². The minimum atomic E-state index is -0.683. The third-order valence-electron chi connectivity index (χ3n) is 3.30. The van der Waals surface area contributed by atoms with Gasteiger partial charge in [0.05, 0.1) is 12.0 Å². The van der Waals surface area contributed by atoms with E-state index in [0.29, 0.717) is 0 Å². The Hall–Kier alpha value is -2.11. The second-order valence-corrected chi connectivity index (χ2v) is 4.50. The van der Waals surface area contributed by atoms with Crippen molar-refractivity contribution in [2.45, 2.75) is 19.3 Å². The highest BCUT2D eigenvalue weighted by Crippen LogP contribution is 2.28. The highest BCUT2D eigenvalue weighted by Gasteiger charge is 2.23. The number of hydrogen-bond donors (Lipinski definition) is 0. The Bertz CT molecular complexity index is 495. The monoisotopic (exact) mass is 264 g/mol. The molecule has 1 saturated heterocycles. The summed E-state index contributed by atoms with van der Waals surface area (Å²) in [6.45, 7) is 1.80. The lowest BCUT2D eigenvalue weighted by atomic mass is 10.1. The van der Waals surface area contributed by atoms with Gasteiger partial charge in [0.2, 0.25) is 0 Å². The van der Waals surface area contributed by atoms with Gasteiger partial charge in [-0.15, -0.1) is 0 Å². The average molecular weight is 264 g/mol. The van der Waals surface area contributed by atoms with Crippen LogP contribution in [0.15, 0.2) is 18.2 Å². The summed E-state index contributed by atoms with van der Waals surface area (Å²) < 4.78 is 4.56. The lowest BCUT2D eigenvalue weighted by molar-refractivity contribution is -0.385. The number of carbonyl (C=O) groups excluding carboxylic acids is 1. The smallest absolute Gasteiger partial charge is 0.344 e. The zero-order valence-electron chi connectivity index (χ0n) is 10.8. The van der Waals surface area contributed by atoms with E-state index in [-0.39, 0.29) is 11.3 Å². The third-order valence-corrected chi connectivity index (χ3v) is 3.30. The quantitative estimate of drug-likeness (QED) is 0.476. The predicted octanol–water partition coefficient (Wildman–Crippen LogP) is 2.37. The number of carbonyl (C=O) groups is 1. The number of ether oxygens (including phenoxy) is 1. The second kappa shape index (κ2) is 5.69. The van der Waals surface area contributed by atoms with Crippen molar-refractivity contribution in [1.29, 1.82) is 0 Å². The molecule has 0 saturated carbocycles. The van der Waals surface area contributed by atoms with Gasteiger partial charge in [-0.05, 0) is 31.4 Å². The van der Waals surface area contributed by atoms with Gasteiger partial charge >= 0.3 is 5.97 Å². The van der Waals surface area contributed by atoms with Crippen LogP contribution in [-0.2, 0) is 4.74 Å². The van der Waals surface area contributed by atoms with Crippen LogP contribution in [0.3, 0.4) is 0 Å². The first-order chi connectivity index (χ1) is 9.13. The van der Waals surface area contributed by atoms with Crippen molar-refractivity contribution < 1.29 is 14.5 Å². The zero-order chi connectivity index (χ0) is 13.8. The van der Waals surface area contributed by atoms with Gasteiger partial charge in [-0.1, -0.05) is 0 Å². The number of anilines is 1. The molecule has 6 heteroatoms. The summed E-state index contributed by atoms with van der Waals surface area (Å²) in [5.74, 6) is -0.683. The maximum Gasteiger partial charge on any atom is 0.344 e. The molecule has 2 rings (SSSR count). The molecule has 0 atom stereocenters. The average Bonchev–Trinajstić information content (AvgIpc) is 2.46. The molecule has 6 nitrogen and oxygen atoms in total. The molecule has 1 aromatic rings. The van der Waals surface area contributed by atoms with Gasteiger partial charge in [-0.2, -0.15) is 0 Å². The molecule has 19 heavy (non-hydrogen) atoms. The second-order valence-electron chi connectivity index (χ2n) is 4.50. The highest BCUT2D eigenvalue weighted by molar-refractivity contribution is 5.94. The molecule has 0 bridgehead atoms. The van der Waals surface area contributed by atoms with E-state index in [1.54, 1.807) is 6.07 Å². The Kier molecular flexibility index (Phi) is 3.99. The van der Waals surface area contributed by atoms with Crippen LogP contribution in [0.2, 0.25) is 0 Å². The van der Waals surface area contributed by atoms with E-state index in [0.717, 1.165) is 31.6 Å². The molecule has 1 aliphatic rings. The van der Waals surface area contributed by atoms with Gasteiger partial charge in [-0.25, -0.2) is 4.79 Å². The first kappa shape index (κ1) is 13.3. The molecule has 0 aliphatic carbocycles. The normalized spacial score (nSPS) is 15.1. The Balaban J connectivity index is 2.35. The van der Waals surface area contributed by atoms with Gasteiger partial charge in [0.25, 0.3) is 5.69 Å². The number of esters is 1. The number of methoxy groups -OCH3 is 1. The minimum Gasteiger partial charge on any atom is -0.465 e. The molecule has 1 aliphatic heterocycles. The van der Waals surface area contributed by atoms with E-state index < -0.39 is 10.9 Å². The van der Waals surface area contributed by atoms with Gasteiger partial charge in [-0.3, -0.25) is 10.1 Å². The largest absolute Gasteiger partial charge is 0.465 e. The molecule has 1 aromatic carbocycles. The lowest BCUT2D eigenvalue weighted by Gasteiger charge is -2.28. The van der Waals surface area contributed by atoms with E-state index in [4.69, 9.17) is 0 Å². The summed E-state index contributed by atoms with van der Waals surface area (Å²) in [4.78, 5) is 24.1. The standard InChI is InChI=1S/C13H16N2O4/c1-19-13(16)11-6-5-10(9-12(11)15(17)18)14-7-3-2-4-8-14/h5-6,9H,2-4,7-8H2,1H3. The lowest BCUT2D eigenvalue weighted by Crippen LogP contribution is -2.29. The SMILES string of the molecule is COC(=O)c1ccc(N2CCCCC2)cc1[N+](=O)[O-]. The Morgan fingerprint density at radius 3 is 2.58 bits per heavy atom. The molecule has 0 radical (unpaired) electrons. The van der Waals surface area contributed by atoms with Crippen molar-refractivity contribution in [2.75, 3.05) is 25.1 Å². The molecule has 1 heterocycles. The molecule has 0 N–H and O–H groups in total. The molecule has 1 fully saturated rings. The summed E-state index contributed by atoms with van der Waals surface area (Å²) in [5.41, 5.74) is 0.585. The number of nitro benzene ring substituents is 1. The van der Waals surface area contributed by atoms with Crippen LogP contribution in [0.25, 0.3) is 0 Å². The van der Waals surface area contributed by atoms with Crippen molar-refractivity contribution in [3.05, 3.63) is 33.9 Å². The molecule has 102 valence electrons. The van der Waals surface area contributed by atoms with Crippen molar-refractivity contribution >= 4 is 17.3 Å². The van der Waals surface area contributed by atoms with Gasteiger partial charge < -0.3 is 9.64 Å². The van der Waals surface area contributed by atoms with E-state index in [2.05, 4.69) is 9.64 Å². The van der Waals surface area contributed by atoms with Gasteiger partial charge in [0, 0.05) is 24.8 Å². The van der Waals surface area contributed by atoms with Crippen LogP contribution in [0.5, 0.6) is 0 Å². The topological polar surface area (TPSA) is 72.7 Å². The third kappa shape index (κ3) is 2.83. The summed E-state index contributed by atoms with van der Waals surface area (Å²) in [6.07, 6.45) is 3.37. The van der Waals surface area contributed by atoms with Crippen LogP contribution in [0.1, 0.15) is 29.6 Å². The zero-order valence-corrected chi connectivity index (χ0v) is 10.8. The van der Waals surface area contributed by atoms with E-state index in [9.17, 15) is 14.9 Å². The van der Waals surface area contributed by atoms with Gasteiger partial charge in [0.1, 0.15) is 5.56 Å². The summed E-state index contributed by atoms with van der Waals surface area (Å²) in [6, 6.07) is 4.66. The van der Waals surface area contributed by atoms with Crippen molar-refractivity contribution in [3.8, 4) is 0 Å². The maximum atomic E-state index is 11.5. The van der Waals surface area contributed by atoms with E-state index in [1.165, 1.54) is 25.7 Å². The summed E-state index contributed by atoms with van der Waals surface area (Å²) in [7, 11) is 1.21. The molecule has 0 aromatic heterocycles. The fourth-order valence-electron chi connectivity index (χ4n) is 2.30. The number of nitrogens with zero attached hydrogens (tertiary/aromatic N) is 2. The highest BCUT2D eigenvalue weighted by atomic mass is 16.6. The minimum absolute atomic E-state index is 0.00624. The molecule has 0 unspecified atom stereocenters. The summed E-state index contributed by atoms with van der Waals surface area (Å²) in [5, 5.41) is 11.1. The van der Waals surface area contributed by atoms with Crippen LogP contribution >= 0.6 is 0 Å². The maximum absolute atomic E-state index is 11.5. The van der Waals surface area contributed by atoms with Crippen LogP contribution in [0, 0.1) is 10.1 Å². The van der Waals surface area contributed by atoms with Gasteiger partial charge in [0.15, 0.2) is 0 Å². The Morgan fingerprint density at radius 1 is 1.32 bits per heavy atom. The number of nitro groups is 1. The van der Waals surface area contributed by atoms with E-state index >= 15 is 0 Å². The van der Waals surface area contributed by atoms with Crippen LogP contribution in [0.4, 0.5) is 11.4 Å². The molecule has 0 amide bonds. The Labute approximate surface area is 111 Å². The number of piperidine rings is 1. The predicted molar refractivity (Wildman–Crippen MR) is 70.5 cm³/mol. The number of rotatable bonds is 3.